The monoisotopic (exact) mass is 234 g/mol. The molecule has 0 saturated heterocycles. The van der Waals surface area contributed by atoms with Gasteiger partial charge >= 0.3 is 0 Å². The molecule has 0 nitrogen and oxygen atoms in total. The Morgan fingerprint density at radius 1 is 1.00 bits per heavy atom. The van der Waals surface area contributed by atoms with Crippen LogP contribution in [0, 0.1) is 6.92 Å². The van der Waals surface area contributed by atoms with Crippen molar-refractivity contribution in [2.75, 3.05) is 0 Å². The molecule has 0 fully saturated rings. The van der Waals surface area contributed by atoms with Crippen LogP contribution in [0.5, 0.6) is 0 Å². The molecule has 2 aromatic carbocycles. The van der Waals surface area contributed by atoms with Crippen molar-refractivity contribution in [3.8, 4) is 0 Å². The van der Waals surface area contributed by atoms with Crippen molar-refractivity contribution in [1.82, 2.24) is 0 Å². The third kappa shape index (κ3) is 1.99. The van der Waals surface area contributed by atoms with Crippen molar-refractivity contribution in [1.29, 1.82) is 0 Å². The molecule has 1 aliphatic carbocycles. The van der Waals surface area contributed by atoms with Gasteiger partial charge in [0.25, 0.3) is 0 Å². The van der Waals surface area contributed by atoms with Crippen LogP contribution in [0.2, 0.25) is 0 Å². The first-order chi connectivity index (χ1) is 8.74. The minimum absolute atomic E-state index is 0.556. The molecule has 0 aromatic heterocycles. The van der Waals surface area contributed by atoms with Gasteiger partial charge in [-0.2, -0.15) is 0 Å². The lowest BCUT2D eigenvalue weighted by atomic mass is 9.98. The highest BCUT2D eigenvalue weighted by Gasteiger charge is 2.19. The number of fused-ring (bicyclic) bond motifs is 1. The molecule has 0 N–H and O–H groups in total. The molecule has 1 atom stereocenters. The predicted molar refractivity (Wildman–Crippen MR) is 77.7 cm³/mol. The maximum Gasteiger partial charge on any atom is 0.000175 e. The van der Waals surface area contributed by atoms with Crippen molar-refractivity contribution in [2.24, 2.45) is 0 Å². The Hall–Kier alpha value is -1.82. The summed E-state index contributed by atoms with van der Waals surface area (Å²) in [6, 6.07) is 17.6. The number of rotatable bonds is 2. The summed E-state index contributed by atoms with van der Waals surface area (Å²) in [5, 5.41) is 0. The van der Waals surface area contributed by atoms with Gasteiger partial charge in [0.1, 0.15) is 0 Å². The molecule has 1 unspecified atom stereocenters. The number of allylic oxidation sites excluding steroid dienone is 2. The SMILES string of the molecule is Cc1cccc(CC2=CC(C)c3ccccc32)c1. The van der Waals surface area contributed by atoms with Crippen molar-refractivity contribution in [2.45, 2.75) is 26.2 Å². The molecule has 0 aliphatic heterocycles. The van der Waals surface area contributed by atoms with Gasteiger partial charge in [-0.3, -0.25) is 0 Å². The Morgan fingerprint density at radius 2 is 1.83 bits per heavy atom. The predicted octanol–water partition coefficient (Wildman–Crippen LogP) is 4.74. The molecular weight excluding hydrogens is 216 g/mol. The average Bonchev–Trinajstić information content (AvgIpc) is 2.67. The van der Waals surface area contributed by atoms with E-state index in [-0.39, 0.29) is 0 Å². The third-order valence-electron chi connectivity index (χ3n) is 3.73. The molecule has 0 heterocycles. The van der Waals surface area contributed by atoms with Gasteiger partial charge in [-0.25, -0.2) is 0 Å². The Morgan fingerprint density at radius 3 is 2.67 bits per heavy atom. The molecular formula is C18H18. The summed E-state index contributed by atoms with van der Waals surface area (Å²) < 4.78 is 0. The van der Waals surface area contributed by atoms with E-state index in [0.717, 1.165) is 6.42 Å². The second kappa shape index (κ2) is 4.45. The molecule has 90 valence electrons. The molecule has 0 amide bonds. The number of hydrogen-bond donors (Lipinski definition) is 0. The molecule has 18 heavy (non-hydrogen) atoms. The average molecular weight is 234 g/mol. The molecule has 0 saturated carbocycles. The van der Waals surface area contributed by atoms with Gasteiger partial charge in [-0.15, -0.1) is 0 Å². The highest BCUT2D eigenvalue weighted by Crippen LogP contribution is 2.37. The standard InChI is InChI=1S/C18H18/c1-13-6-5-7-15(10-13)12-16-11-14(2)17-8-3-4-9-18(16)17/h3-11,14H,12H2,1-2H3. The first-order valence-corrected chi connectivity index (χ1v) is 6.59. The van der Waals surface area contributed by atoms with Crippen LogP contribution in [-0.4, -0.2) is 0 Å². The summed E-state index contributed by atoms with van der Waals surface area (Å²) in [6.07, 6.45) is 3.45. The van der Waals surface area contributed by atoms with Gasteiger partial charge in [0.15, 0.2) is 0 Å². The van der Waals surface area contributed by atoms with E-state index in [1.54, 1.807) is 0 Å². The van der Waals surface area contributed by atoms with Gasteiger partial charge in [0, 0.05) is 5.92 Å². The van der Waals surface area contributed by atoms with E-state index in [4.69, 9.17) is 0 Å². The summed E-state index contributed by atoms with van der Waals surface area (Å²) in [5.41, 5.74) is 7.13. The summed E-state index contributed by atoms with van der Waals surface area (Å²) in [6.45, 7) is 4.44. The molecule has 3 rings (SSSR count). The van der Waals surface area contributed by atoms with E-state index in [1.807, 2.05) is 0 Å². The zero-order valence-electron chi connectivity index (χ0n) is 11.0. The van der Waals surface area contributed by atoms with Crippen LogP contribution in [0.1, 0.15) is 35.1 Å². The largest absolute Gasteiger partial charge is 0.0731 e. The fourth-order valence-corrected chi connectivity index (χ4v) is 2.86. The van der Waals surface area contributed by atoms with Crippen LogP contribution < -0.4 is 0 Å². The van der Waals surface area contributed by atoms with Crippen molar-refractivity contribution in [3.05, 3.63) is 76.9 Å². The highest BCUT2D eigenvalue weighted by molar-refractivity contribution is 5.76. The van der Waals surface area contributed by atoms with Crippen molar-refractivity contribution >= 4 is 5.57 Å². The maximum absolute atomic E-state index is 2.41. The van der Waals surface area contributed by atoms with Crippen LogP contribution in [0.3, 0.4) is 0 Å². The summed E-state index contributed by atoms with van der Waals surface area (Å²) in [5.74, 6) is 0.556. The second-order valence-electron chi connectivity index (χ2n) is 5.23. The van der Waals surface area contributed by atoms with E-state index in [2.05, 4.69) is 68.5 Å². The normalized spacial score (nSPS) is 17.4. The van der Waals surface area contributed by atoms with Crippen LogP contribution in [0.4, 0.5) is 0 Å². The van der Waals surface area contributed by atoms with Gasteiger partial charge in [-0.05, 0) is 35.6 Å². The van der Waals surface area contributed by atoms with Gasteiger partial charge < -0.3 is 0 Å². The number of benzene rings is 2. The number of aryl methyl sites for hydroxylation is 1. The maximum atomic E-state index is 2.41. The Bertz CT molecular complexity index is 605. The second-order valence-corrected chi connectivity index (χ2v) is 5.23. The molecule has 2 aromatic rings. The highest BCUT2D eigenvalue weighted by atomic mass is 14.2. The Balaban J connectivity index is 1.93. The summed E-state index contributed by atoms with van der Waals surface area (Å²) >= 11 is 0. The van der Waals surface area contributed by atoms with E-state index < -0.39 is 0 Å². The lowest BCUT2D eigenvalue weighted by Gasteiger charge is -2.07. The fourth-order valence-electron chi connectivity index (χ4n) is 2.86. The first kappa shape index (κ1) is 11.3. The first-order valence-electron chi connectivity index (χ1n) is 6.59. The van der Waals surface area contributed by atoms with E-state index in [1.165, 1.54) is 27.8 Å². The van der Waals surface area contributed by atoms with Crippen LogP contribution in [0.15, 0.2) is 54.6 Å². The molecule has 0 bridgehead atoms. The van der Waals surface area contributed by atoms with Crippen molar-refractivity contribution < 1.29 is 0 Å². The quantitative estimate of drug-likeness (QED) is 0.704. The fraction of sp³-hybridized carbons (Fsp3) is 0.222. The van der Waals surface area contributed by atoms with E-state index in [0.29, 0.717) is 5.92 Å². The minimum Gasteiger partial charge on any atom is -0.0731 e. The minimum atomic E-state index is 0.556. The molecule has 0 radical (unpaired) electrons. The van der Waals surface area contributed by atoms with Crippen LogP contribution >= 0.6 is 0 Å². The topological polar surface area (TPSA) is 0 Å². The van der Waals surface area contributed by atoms with E-state index >= 15 is 0 Å². The third-order valence-corrected chi connectivity index (χ3v) is 3.73. The lowest BCUT2D eigenvalue weighted by Crippen LogP contribution is -1.90. The van der Waals surface area contributed by atoms with E-state index in [9.17, 15) is 0 Å². The number of hydrogen-bond acceptors (Lipinski definition) is 0. The summed E-state index contributed by atoms with van der Waals surface area (Å²) in [4.78, 5) is 0. The van der Waals surface area contributed by atoms with Crippen LogP contribution in [-0.2, 0) is 6.42 Å². The van der Waals surface area contributed by atoms with Crippen molar-refractivity contribution in [3.63, 3.8) is 0 Å². The zero-order chi connectivity index (χ0) is 12.5. The Kier molecular flexibility index (Phi) is 2.79. The van der Waals surface area contributed by atoms with Gasteiger partial charge in [0.2, 0.25) is 0 Å². The van der Waals surface area contributed by atoms with Crippen LogP contribution in [0.25, 0.3) is 5.57 Å². The summed E-state index contributed by atoms with van der Waals surface area (Å²) in [7, 11) is 0. The molecule has 0 heteroatoms. The smallest absolute Gasteiger partial charge is 0.000175 e. The molecule has 1 aliphatic rings. The van der Waals surface area contributed by atoms with Gasteiger partial charge in [-0.1, -0.05) is 67.1 Å². The van der Waals surface area contributed by atoms with Gasteiger partial charge in [0.05, 0.1) is 0 Å². The lowest BCUT2D eigenvalue weighted by molar-refractivity contribution is 0.989. The molecule has 0 spiro atoms. The zero-order valence-corrected chi connectivity index (χ0v) is 11.0. The Labute approximate surface area is 109 Å².